The van der Waals surface area contributed by atoms with E-state index < -0.39 is 0 Å². The molecule has 0 aliphatic carbocycles. The van der Waals surface area contributed by atoms with Gasteiger partial charge in [0.15, 0.2) is 5.82 Å². The molecule has 0 spiro atoms. The molecule has 1 aromatic carbocycles. The first kappa shape index (κ1) is 19.3. The summed E-state index contributed by atoms with van der Waals surface area (Å²) in [5.74, 6) is 1.55. The van der Waals surface area contributed by atoms with E-state index in [9.17, 15) is 4.79 Å². The first-order chi connectivity index (χ1) is 14.0. The molecule has 0 atom stereocenters. The lowest BCUT2D eigenvalue weighted by Gasteiger charge is -2.36. The van der Waals surface area contributed by atoms with Crippen molar-refractivity contribution in [3.63, 3.8) is 0 Å². The second-order valence-electron chi connectivity index (χ2n) is 7.09. The number of carbonyl (C=O) groups is 1. The second kappa shape index (κ2) is 8.17. The molecule has 1 aliphatic rings. The van der Waals surface area contributed by atoms with Gasteiger partial charge in [-0.25, -0.2) is 9.97 Å². The van der Waals surface area contributed by atoms with Crippen LogP contribution in [-0.4, -0.2) is 51.9 Å². The lowest BCUT2D eigenvalue weighted by molar-refractivity contribution is 0.0746. The Morgan fingerprint density at radius 2 is 1.79 bits per heavy atom. The van der Waals surface area contributed by atoms with Gasteiger partial charge in [0, 0.05) is 54.2 Å². The van der Waals surface area contributed by atoms with E-state index in [1.165, 1.54) is 0 Å². The van der Waals surface area contributed by atoms with E-state index in [0.29, 0.717) is 42.6 Å². The predicted molar refractivity (Wildman–Crippen MR) is 114 cm³/mol. The smallest absolute Gasteiger partial charge is 0.254 e. The Morgan fingerprint density at radius 3 is 2.48 bits per heavy atom. The average molecular weight is 408 g/mol. The van der Waals surface area contributed by atoms with E-state index in [2.05, 4.69) is 14.9 Å². The van der Waals surface area contributed by atoms with Crippen LogP contribution in [0.25, 0.3) is 11.5 Å². The number of aromatic nitrogens is 3. The van der Waals surface area contributed by atoms with Crippen LogP contribution in [0.1, 0.15) is 21.6 Å². The first-order valence-electron chi connectivity index (χ1n) is 9.59. The lowest BCUT2D eigenvalue weighted by Crippen LogP contribution is -2.49. The van der Waals surface area contributed by atoms with E-state index in [0.717, 1.165) is 22.8 Å². The van der Waals surface area contributed by atoms with E-state index in [-0.39, 0.29) is 5.91 Å². The van der Waals surface area contributed by atoms with E-state index in [1.54, 1.807) is 30.5 Å². The zero-order chi connectivity index (χ0) is 20.4. The molecule has 0 saturated carbocycles. The summed E-state index contributed by atoms with van der Waals surface area (Å²) in [5.41, 5.74) is 3.37. The number of nitrogens with zero attached hydrogens (tertiary/aromatic N) is 5. The van der Waals surface area contributed by atoms with Crippen LogP contribution in [0.5, 0.6) is 0 Å². The van der Waals surface area contributed by atoms with Gasteiger partial charge in [-0.2, -0.15) is 0 Å². The number of piperazine rings is 1. The highest BCUT2D eigenvalue weighted by atomic mass is 35.5. The molecular formula is C22H22ClN5O. The highest BCUT2D eigenvalue weighted by Gasteiger charge is 2.25. The van der Waals surface area contributed by atoms with Crippen molar-refractivity contribution in [3.05, 3.63) is 70.5 Å². The maximum absolute atomic E-state index is 12.8. The summed E-state index contributed by atoms with van der Waals surface area (Å²) in [5, 5.41) is 0.573. The number of aryl methyl sites for hydroxylation is 1. The van der Waals surface area contributed by atoms with Crippen LogP contribution in [0.2, 0.25) is 5.02 Å². The van der Waals surface area contributed by atoms with E-state index >= 15 is 0 Å². The second-order valence-corrected chi connectivity index (χ2v) is 7.52. The summed E-state index contributed by atoms with van der Waals surface area (Å²) in [6, 6.07) is 12.8. The standard InChI is InChI=1S/C22H22ClN5O/c1-15-16(2)25-20(19-8-3-4-9-24-19)26-21(15)27-10-12-28(13-11-27)22(29)17-6-5-7-18(23)14-17/h3-9,14H,10-13H2,1-2H3. The number of pyridine rings is 1. The van der Waals surface area contributed by atoms with Crippen molar-refractivity contribution in [3.8, 4) is 11.5 Å². The Balaban J connectivity index is 1.53. The van der Waals surface area contributed by atoms with Gasteiger partial charge in [0.05, 0.1) is 0 Å². The molecule has 0 radical (unpaired) electrons. The van der Waals surface area contributed by atoms with Gasteiger partial charge in [-0.05, 0) is 44.2 Å². The minimum Gasteiger partial charge on any atom is -0.353 e. The summed E-state index contributed by atoms with van der Waals surface area (Å²) in [4.78, 5) is 30.6. The third-order valence-electron chi connectivity index (χ3n) is 5.20. The molecular weight excluding hydrogens is 386 g/mol. The van der Waals surface area contributed by atoms with Crippen LogP contribution >= 0.6 is 11.6 Å². The fraction of sp³-hybridized carbons (Fsp3) is 0.273. The highest BCUT2D eigenvalue weighted by molar-refractivity contribution is 6.30. The molecule has 3 aromatic rings. The summed E-state index contributed by atoms with van der Waals surface area (Å²) >= 11 is 6.03. The number of rotatable bonds is 3. The molecule has 0 bridgehead atoms. The first-order valence-corrected chi connectivity index (χ1v) is 9.97. The number of benzene rings is 1. The molecule has 1 saturated heterocycles. The molecule has 2 aromatic heterocycles. The third kappa shape index (κ3) is 4.07. The number of hydrogen-bond acceptors (Lipinski definition) is 5. The largest absolute Gasteiger partial charge is 0.353 e. The van der Waals surface area contributed by atoms with Gasteiger partial charge in [-0.1, -0.05) is 23.7 Å². The monoisotopic (exact) mass is 407 g/mol. The Kier molecular flexibility index (Phi) is 5.45. The van der Waals surface area contributed by atoms with Crippen molar-refractivity contribution >= 4 is 23.3 Å². The van der Waals surface area contributed by atoms with Crippen molar-refractivity contribution in [1.82, 2.24) is 19.9 Å². The summed E-state index contributed by atoms with van der Waals surface area (Å²) in [6.45, 7) is 6.72. The average Bonchev–Trinajstić information content (AvgIpc) is 2.76. The number of amides is 1. The lowest BCUT2D eigenvalue weighted by atomic mass is 10.1. The highest BCUT2D eigenvalue weighted by Crippen LogP contribution is 2.25. The maximum atomic E-state index is 12.8. The van der Waals surface area contributed by atoms with E-state index in [4.69, 9.17) is 16.6 Å². The van der Waals surface area contributed by atoms with Crippen LogP contribution in [-0.2, 0) is 0 Å². The number of carbonyl (C=O) groups excluding carboxylic acids is 1. The van der Waals surface area contributed by atoms with Crippen LogP contribution in [0.4, 0.5) is 5.82 Å². The molecule has 29 heavy (non-hydrogen) atoms. The normalized spacial score (nSPS) is 14.2. The van der Waals surface area contributed by atoms with Gasteiger partial charge in [-0.3, -0.25) is 9.78 Å². The van der Waals surface area contributed by atoms with Crippen LogP contribution in [0.15, 0.2) is 48.7 Å². The predicted octanol–water partition coefficient (Wildman–Crippen LogP) is 3.77. The van der Waals surface area contributed by atoms with Crippen molar-refractivity contribution in [2.75, 3.05) is 31.1 Å². The van der Waals surface area contributed by atoms with Crippen LogP contribution in [0, 0.1) is 13.8 Å². The molecule has 0 unspecified atom stereocenters. The number of halogens is 1. The molecule has 6 nitrogen and oxygen atoms in total. The van der Waals surface area contributed by atoms with Gasteiger partial charge in [0.2, 0.25) is 0 Å². The Morgan fingerprint density at radius 1 is 1.00 bits per heavy atom. The zero-order valence-corrected chi connectivity index (χ0v) is 17.2. The fourth-order valence-electron chi connectivity index (χ4n) is 3.46. The minimum atomic E-state index is 0.0110. The topological polar surface area (TPSA) is 62.2 Å². The van der Waals surface area contributed by atoms with Gasteiger partial charge in [0.1, 0.15) is 11.5 Å². The Hall–Kier alpha value is -2.99. The van der Waals surface area contributed by atoms with Crippen molar-refractivity contribution in [2.24, 2.45) is 0 Å². The summed E-state index contributed by atoms with van der Waals surface area (Å²) < 4.78 is 0. The fourth-order valence-corrected chi connectivity index (χ4v) is 3.65. The minimum absolute atomic E-state index is 0.0110. The number of anilines is 1. The maximum Gasteiger partial charge on any atom is 0.254 e. The van der Waals surface area contributed by atoms with Gasteiger partial charge in [0.25, 0.3) is 5.91 Å². The Labute approximate surface area is 175 Å². The molecule has 0 N–H and O–H groups in total. The van der Waals surface area contributed by atoms with Crippen molar-refractivity contribution in [2.45, 2.75) is 13.8 Å². The summed E-state index contributed by atoms with van der Waals surface area (Å²) in [6.07, 6.45) is 1.74. The quantitative estimate of drug-likeness (QED) is 0.661. The molecule has 4 rings (SSSR count). The zero-order valence-electron chi connectivity index (χ0n) is 16.5. The summed E-state index contributed by atoms with van der Waals surface area (Å²) in [7, 11) is 0. The van der Waals surface area contributed by atoms with Gasteiger partial charge >= 0.3 is 0 Å². The van der Waals surface area contributed by atoms with E-state index in [1.807, 2.05) is 36.9 Å². The number of hydrogen-bond donors (Lipinski definition) is 0. The van der Waals surface area contributed by atoms with Crippen molar-refractivity contribution in [1.29, 1.82) is 0 Å². The molecule has 7 heteroatoms. The van der Waals surface area contributed by atoms with Crippen LogP contribution < -0.4 is 4.90 Å². The van der Waals surface area contributed by atoms with Gasteiger partial charge in [-0.15, -0.1) is 0 Å². The Bertz CT molecular complexity index is 1030. The van der Waals surface area contributed by atoms with Crippen molar-refractivity contribution < 1.29 is 4.79 Å². The third-order valence-corrected chi connectivity index (χ3v) is 5.43. The molecule has 1 aliphatic heterocycles. The molecule has 148 valence electrons. The van der Waals surface area contributed by atoms with Crippen LogP contribution in [0.3, 0.4) is 0 Å². The SMILES string of the molecule is Cc1nc(-c2ccccn2)nc(N2CCN(C(=O)c3cccc(Cl)c3)CC2)c1C. The van der Waals surface area contributed by atoms with Gasteiger partial charge < -0.3 is 9.80 Å². The molecule has 3 heterocycles. The molecule has 1 amide bonds. The molecule has 1 fully saturated rings.